The predicted octanol–water partition coefficient (Wildman–Crippen LogP) is 3.13. The van der Waals surface area contributed by atoms with Gasteiger partial charge in [-0.3, -0.25) is 4.79 Å². The molecule has 25 heavy (non-hydrogen) atoms. The molecule has 1 amide bonds. The van der Waals surface area contributed by atoms with E-state index in [0.717, 1.165) is 6.26 Å². The minimum atomic E-state index is -3.62. The quantitative estimate of drug-likeness (QED) is 0.691. The molecule has 0 aromatic carbocycles. The Kier molecular flexibility index (Phi) is 8.44. The Balaban J connectivity index is 5.09. The fourth-order valence-corrected chi connectivity index (χ4v) is 2.17. The van der Waals surface area contributed by atoms with Crippen LogP contribution in [0.2, 0.25) is 0 Å². The molecule has 0 rings (SSSR count). The Morgan fingerprint density at radius 1 is 1.08 bits per heavy atom. The van der Waals surface area contributed by atoms with Gasteiger partial charge in [-0.25, -0.2) is 13.2 Å². The summed E-state index contributed by atoms with van der Waals surface area (Å²) in [7, 11) is -3.62. The van der Waals surface area contributed by atoms with Gasteiger partial charge >= 0.3 is 12.1 Å². The maximum absolute atomic E-state index is 11.9. The predicted molar refractivity (Wildman–Crippen MR) is 97.0 cm³/mol. The second-order valence-corrected chi connectivity index (χ2v) is 10.2. The van der Waals surface area contributed by atoms with Crippen LogP contribution in [0.5, 0.6) is 0 Å². The first kappa shape index (κ1) is 23.7. The normalized spacial score (nSPS) is 14.6. The van der Waals surface area contributed by atoms with Crippen LogP contribution < -0.4 is 5.32 Å². The van der Waals surface area contributed by atoms with Crippen LogP contribution in [-0.4, -0.2) is 44.0 Å². The van der Waals surface area contributed by atoms with Crippen molar-refractivity contribution in [2.45, 2.75) is 71.6 Å². The van der Waals surface area contributed by atoms with Crippen LogP contribution in [0, 0.1) is 0 Å². The van der Waals surface area contributed by atoms with Gasteiger partial charge in [0.25, 0.3) is 0 Å². The molecule has 7 nitrogen and oxygen atoms in total. The van der Waals surface area contributed by atoms with Gasteiger partial charge in [0.05, 0.1) is 6.04 Å². The second-order valence-electron chi connectivity index (χ2n) is 7.62. The minimum absolute atomic E-state index is 0.0256. The molecule has 0 aromatic rings. The number of carbonyl (C=O) groups is 2. The third-order valence-electron chi connectivity index (χ3n) is 2.47. The zero-order valence-corrected chi connectivity index (χ0v) is 17.4. The molecule has 0 spiro atoms. The van der Waals surface area contributed by atoms with E-state index in [4.69, 9.17) is 21.1 Å². The molecule has 0 aliphatic heterocycles. The maximum Gasteiger partial charge on any atom is 0.408 e. The fraction of sp³-hybridized carbons (Fsp3) is 0.750. The van der Waals surface area contributed by atoms with Crippen LogP contribution in [0.25, 0.3) is 0 Å². The fourth-order valence-electron chi connectivity index (χ4n) is 1.60. The Labute approximate surface area is 155 Å². The Morgan fingerprint density at radius 3 is 1.96 bits per heavy atom. The molecule has 9 heteroatoms. The van der Waals surface area contributed by atoms with E-state index in [2.05, 4.69) is 5.32 Å². The molecular weight excluding hydrogens is 370 g/mol. The molecule has 1 atom stereocenters. The SMILES string of the molecule is CC(C)(C)OC(=O)CC[C@@H](/C=C(\Cl)S(C)(=O)=O)NC(=O)OC(C)(C)C. The average molecular weight is 398 g/mol. The standard InChI is InChI=1S/C16H28ClNO6S/c1-15(2,3)23-13(19)9-8-11(10-12(17)25(7,21)22)18-14(20)24-16(4,5)6/h10-11H,8-9H2,1-7H3,(H,18,20)/b12-10+/t11-/m0/s1. The number of nitrogens with one attached hydrogen (secondary N) is 1. The highest BCUT2D eigenvalue weighted by Gasteiger charge is 2.22. The van der Waals surface area contributed by atoms with Gasteiger partial charge in [0.2, 0.25) is 0 Å². The number of ether oxygens (including phenoxy) is 2. The van der Waals surface area contributed by atoms with Gasteiger partial charge < -0.3 is 14.8 Å². The van der Waals surface area contributed by atoms with Gasteiger partial charge in [0.1, 0.15) is 15.6 Å². The van der Waals surface area contributed by atoms with Crippen molar-refractivity contribution in [2.75, 3.05) is 6.26 Å². The maximum atomic E-state index is 11.9. The lowest BCUT2D eigenvalue weighted by molar-refractivity contribution is -0.155. The molecule has 0 saturated carbocycles. The van der Waals surface area contributed by atoms with E-state index in [1.807, 2.05) is 0 Å². The molecule has 1 N–H and O–H groups in total. The van der Waals surface area contributed by atoms with E-state index < -0.39 is 43.5 Å². The van der Waals surface area contributed by atoms with Crippen molar-refractivity contribution in [3.05, 3.63) is 10.4 Å². The van der Waals surface area contributed by atoms with Gasteiger partial charge in [-0.15, -0.1) is 0 Å². The highest BCUT2D eigenvalue weighted by Crippen LogP contribution is 2.16. The number of amides is 1. The smallest absolute Gasteiger partial charge is 0.408 e. The van der Waals surface area contributed by atoms with Crippen LogP contribution in [0.15, 0.2) is 10.4 Å². The summed E-state index contributed by atoms with van der Waals surface area (Å²) < 4.78 is 32.8. The monoisotopic (exact) mass is 397 g/mol. The third kappa shape index (κ3) is 12.7. The van der Waals surface area contributed by atoms with Gasteiger partial charge in [-0.2, -0.15) is 0 Å². The van der Waals surface area contributed by atoms with Crippen molar-refractivity contribution < 1.29 is 27.5 Å². The molecule has 0 aliphatic rings. The summed E-state index contributed by atoms with van der Waals surface area (Å²) in [5, 5.41) is 2.50. The summed E-state index contributed by atoms with van der Waals surface area (Å²) in [6.07, 6.45) is 1.47. The molecule has 0 fully saturated rings. The van der Waals surface area contributed by atoms with Crippen molar-refractivity contribution >= 4 is 33.5 Å². The van der Waals surface area contributed by atoms with Crippen molar-refractivity contribution in [2.24, 2.45) is 0 Å². The molecule has 0 unspecified atom stereocenters. The zero-order chi connectivity index (χ0) is 20.1. The van der Waals surface area contributed by atoms with Gasteiger partial charge in [0.15, 0.2) is 9.84 Å². The largest absolute Gasteiger partial charge is 0.460 e. The van der Waals surface area contributed by atoms with E-state index in [9.17, 15) is 18.0 Å². The van der Waals surface area contributed by atoms with E-state index >= 15 is 0 Å². The lowest BCUT2D eigenvalue weighted by atomic mass is 10.1. The van der Waals surface area contributed by atoms with Gasteiger partial charge in [-0.1, -0.05) is 11.6 Å². The lowest BCUT2D eigenvalue weighted by Gasteiger charge is -2.23. The Bertz CT molecular complexity index is 614. The van der Waals surface area contributed by atoms with E-state index in [0.29, 0.717) is 0 Å². The summed E-state index contributed by atoms with van der Waals surface area (Å²) in [6.45, 7) is 10.3. The highest BCUT2D eigenvalue weighted by molar-refractivity contribution is 7.96. The first-order valence-electron chi connectivity index (χ1n) is 7.78. The van der Waals surface area contributed by atoms with E-state index in [1.165, 1.54) is 6.08 Å². The van der Waals surface area contributed by atoms with Crippen molar-refractivity contribution in [1.82, 2.24) is 5.32 Å². The minimum Gasteiger partial charge on any atom is -0.460 e. The van der Waals surface area contributed by atoms with Crippen LogP contribution in [0.3, 0.4) is 0 Å². The first-order chi connectivity index (χ1) is 11.0. The molecule has 0 bridgehead atoms. The van der Waals surface area contributed by atoms with Crippen molar-refractivity contribution in [1.29, 1.82) is 0 Å². The van der Waals surface area contributed by atoms with Gasteiger partial charge in [0, 0.05) is 12.7 Å². The Morgan fingerprint density at radius 2 is 1.56 bits per heavy atom. The summed E-state index contributed by atoms with van der Waals surface area (Å²) in [6, 6.07) is -0.801. The van der Waals surface area contributed by atoms with Crippen molar-refractivity contribution in [3.63, 3.8) is 0 Å². The molecule has 0 heterocycles. The number of hydrogen-bond donors (Lipinski definition) is 1. The van der Waals surface area contributed by atoms with Crippen LogP contribution >= 0.6 is 11.6 Å². The number of hydrogen-bond acceptors (Lipinski definition) is 6. The first-order valence-corrected chi connectivity index (χ1v) is 10.1. The second kappa shape index (κ2) is 8.89. The summed E-state index contributed by atoms with van der Waals surface area (Å²) in [5.41, 5.74) is -1.35. The summed E-state index contributed by atoms with van der Waals surface area (Å²) in [4.78, 5) is 23.7. The van der Waals surface area contributed by atoms with Crippen LogP contribution in [0.1, 0.15) is 54.4 Å². The summed E-state index contributed by atoms with van der Waals surface area (Å²) >= 11 is 5.75. The number of halogens is 1. The molecule has 0 saturated heterocycles. The number of sulfone groups is 1. The number of rotatable bonds is 6. The van der Waals surface area contributed by atoms with E-state index in [1.54, 1.807) is 41.5 Å². The highest BCUT2D eigenvalue weighted by atomic mass is 35.5. The molecule has 0 aliphatic carbocycles. The Hall–Kier alpha value is -1.28. The van der Waals surface area contributed by atoms with E-state index in [-0.39, 0.29) is 12.8 Å². The number of esters is 1. The molecule has 0 radical (unpaired) electrons. The van der Waals surface area contributed by atoms with Gasteiger partial charge in [-0.05, 0) is 54.0 Å². The van der Waals surface area contributed by atoms with Crippen LogP contribution in [0.4, 0.5) is 4.79 Å². The zero-order valence-electron chi connectivity index (χ0n) is 15.8. The molecule has 146 valence electrons. The van der Waals surface area contributed by atoms with Crippen LogP contribution in [-0.2, 0) is 24.1 Å². The third-order valence-corrected chi connectivity index (χ3v) is 4.28. The number of carbonyl (C=O) groups excluding carboxylic acids is 2. The van der Waals surface area contributed by atoms with Crippen molar-refractivity contribution in [3.8, 4) is 0 Å². The molecular formula is C16H28ClNO6S. The topological polar surface area (TPSA) is 98.8 Å². The molecule has 0 aromatic heterocycles. The summed E-state index contributed by atoms with van der Waals surface area (Å²) in [5.74, 6) is -0.465. The lowest BCUT2D eigenvalue weighted by Crippen LogP contribution is -2.39. The number of alkyl carbamates (subject to hydrolysis) is 1. The average Bonchev–Trinajstić information content (AvgIpc) is 2.29.